The van der Waals surface area contributed by atoms with Crippen LogP contribution in [0, 0.1) is 0 Å². The number of hydrogen-bond acceptors (Lipinski definition) is 6. The Morgan fingerprint density at radius 1 is 1.33 bits per heavy atom. The molecule has 1 aliphatic heterocycles. The van der Waals surface area contributed by atoms with Crippen molar-refractivity contribution in [3.05, 3.63) is 48.3 Å². The van der Waals surface area contributed by atoms with Crippen molar-refractivity contribution in [1.82, 2.24) is 14.8 Å². The van der Waals surface area contributed by atoms with Crippen molar-refractivity contribution in [1.29, 1.82) is 0 Å². The van der Waals surface area contributed by atoms with Gasteiger partial charge < -0.3 is 19.5 Å². The SMILES string of the molecule is Cn1nc(OC[C@@H]2COCCO2)c2ccc(NC(=O)c3ccccn3)cc21. The lowest BCUT2D eigenvalue weighted by atomic mass is 10.2. The second-order valence-electron chi connectivity index (χ2n) is 6.21. The van der Waals surface area contributed by atoms with E-state index in [1.165, 1.54) is 0 Å². The second-order valence-corrected chi connectivity index (χ2v) is 6.21. The van der Waals surface area contributed by atoms with Gasteiger partial charge in [0.15, 0.2) is 0 Å². The molecular formula is C19H20N4O4. The van der Waals surface area contributed by atoms with E-state index in [9.17, 15) is 4.79 Å². The van der Waals surface area contributed by atoms with Gasteiger partial charge in [0.05, 0.1) is 30.7 Å². The Kier molecular flexibility index (Phi) is 4.99. The van der Waals surface area contributed by atoms with Gasteiger partial charge in [-0.3, -0.25) is 14.5 Å². The summed E-state index contributed by atoms with van der Waals surface area (Å²) in [6, 6.07) is 10.8. The van der Waals surface area contributed by atoms with Gasteiger partial charge in [0, 0.05) is 18.9 Å². The first-order chi connectivity index (χ1) is 13.2. The van der Waals surface area contributed by atoms with Crippen molar-refractivity contribution in [3.8, 4) is 5.88 Å². The Labute approximate surface area is 156 Å². The molecule has 2 aromatic heterocycles. The van der Waals surface area contributed by atoms with E-state index < -0.39 is 0 Å². The molecule has 1 aliphatic rings. The molecule has 0 unspecified atom stereocenters. The predicted octanol–water partition coefficient (Wildman–Crippen LogP) is 2.01. The Morgan fingerprint density at radius 2 is 2.26 bits per heavy atom. The predicted molar refractivity (Wildman–Crippen MR) is 99.0 cm³/mol. The van der Waals surface area contributed by atoms with Gasteiger partial charge in [-0.15, -0.1) is 5.10 Å². The smallest absolute Gasteiger partial charge is 0.274 e. The summed E-state index contributed by atoms with van der Waals surface area (Å²) < 4.78 is 18.5. The van der Waals surface area contributed by atoms with E-state index in [0.29, 0.717) is 43.7 Å². The molecule has 0 bridgehead atoms. The first kappa shape index (κ1) is 17.4. The number of rotatable bonds is 5. The number of hydrogen-bond donors (Lipinski definition) is 1. The maximum atomic E-state index is 12.3. The van der Waals surface area contributed by atoms with Crippen LogP contribution in [0.4, 0.5) is 5.69 Å². The van der Waals surface area contributed by atoms with Crippen LogP contribution in [0.1, 0.15) is 10.5 Å². The lowest BCUT2D eigenvalue weighted by Gasteiger charge is -2.22. The molecule has 1 atom stereocenters. The van der Waals surface area contributed by atoms with Crippen LogP contribution in [-0.2, 0) is 16.5 Å². The van der Waals surface area contributed by atoms with Crippen LogP contribution in [0.25, 0.3) is 10.9 Å². The number of nitrogens with one attached hydrogen (secondary N) is 1. The van der Waals surface area contributed by atoms with E-state index in [0.717, 1.165) is 10.9 Å². The molecule has 3 heterocycles. The van der Waals surface area contributed by atoms with Crippen molar-refractivity contribution in [2.24, 2.45) is 7.05 Å². The average Bonchev–Trinajstić information content (AvgIpc) is 3.03. The van der Waals surface area contributed by atoms with Crippen LogP contribution >= 0.6 is 0 Å². The lowest BCUT2D eigenvalue weighted by Crippen LogP contribution is -2.33. The summed E-state index contributed by atoms with van der Waals surface area (Å²) in [5.41, 5.74) is 1.88. The Balaban J connectivity index is 1.49. The molecule has 140 valence electrons. The molecule has 27 heavy (non-hydrogen) atoms. The fraction of sp³-hybridized carbons (Fsp3) is 0.316. The number of ether oxygens (including phenoxy) is 3. The summed E-state index contributed by atoms with van der Waals surface area (Å²) >= 11 is 0. The zero-order valence-corrected chi connectivity index (χ0v) is 14.9. The Morgan fingerprint density at radius 3 is 3.04 bits per heavy atom. The number of carbonyl (C=O) groups is 1. The second kappa shape index (κ2) is 7.73. The lowest BCUT2D eigenvalue weighted by molar-refractivity contribution is -0.101. The maximum absolute atomic E-state index is 12.3. The molecule has 4 rings (SSSR count). The third-order valence-electron chi connectivity index (χ3n) is 4.26. The van der Waals surface area contributed by atoms with Gasteiger partial charge in [0.2, 0.25) is 5.88 Å². The highest BCUT2D eigenvalue weighted by Crippen LogP contribution is 2.27. The molecule has 0 radical (unpaired) electrons. The molecule has 3 aromatic rings. The summed E-state index contributed by atoms with van der Waals surface area (Å²) in [7, 11) is 1.83. The quantitative estimate of drug-likeness (QED) is 0.741. The summed E-state index contributed by atoms with van der Waals surface area (Å²) in [6.45, 7) is 2.10. The monoisotopic (exact) mass is 368 g/mol. The summed E-state index contributed by atoms with van der Waals surface area (Å²) in [4.78, 5) is 16.3. The zero-order valence-electron chi connectivity index (χ0n) is 14.9. The standard InChI is InChI=1S/C19H20N4O4/c1-23-17-10-13(21-18(24)16-4-2-3-7-20-16)5-6-15(17)19(22-23)27-12-14-11-25-8-9-26-14/h2-7,10,14H,8-9,11-12H2,1H3,(H,21,24)/t14-/m0/s1. The number of anilines is 1. The Bertz CT molecular complexity index is 936. The number of pyridine rings is 1. The summed E-state index contributed by atoms with van der Waals surface area (Å²) in [5, 5.41) is 8.14. The van der Waals surface area contributed by atoms with Crippen LogP contribution in [-0.4, -0.2) is 53.2 Å². The van der Waals surface area contributed by atoms with E-state index in [1.54, 1.807) is 29.1 Å². The van der Waals surface area contributed by atoms with Gasteiger partial charge in [-0.1, -0.05) is 6.07 Å². The molecule has 0 spiro atoms. The summed E-state index contributed by atoms with van der Waals surface area (Å²) in [5.74, 6) is 0.271. The minimum atomic E-state index is -0.261. The maximum Gasteiger partial charge on any atom is 0.274 e. The molecule has 8 heteroatoms. The van der Waals surface area contributed by atoms with Crippen molar-refractivity contribution >= 4 is 22.5 Å². The number of carbonyl (C=O) groups excluding carboxylic acids is 1. The zero-order chi connectivity index (χ0) is 18.6. The first-order valence-electron chi connectivity index (χ1n) is 8.72. The van der Waals surface area contributed by atoms with Crippen molar-refractivity contribution in [3.63, 3.8) is 0 Å². The minimum absolute atomic E-state index is 0.0901. The number of nitrogens with zero attached hydrogens (tertiary/aromatic N) is 3. The molecule has 1 N–H and O–H groups in total. The molecule has 1 amide bonds. The molecule has 0 aliphatic carbocycles. The topological polar surface area (TPSA) is 87.5 Å². The molecule has 1 aromatic carbocycles. The van der Waals surface area contributed by atoms with Crippen LogP contribution in [0.5, 0.6) is 5.88 Å². The van der Waals surface area contributed by atoms with E-state index in [-0.39, 0.29) is 12.0 Å². The van der Waals surface area contributed by atoms with Crippen molar-refractivity contribution in [2.45, 2.75) is 6.10 Å². The summed E-state index contributed by atoms with van der Waals surface area (Å²) in [6.07, 6.45) is 1.50. The van der Waals surface area contributed by atoms with Crippen LogP contribution in [0.3, 0.4) is 0 Å². The van der Waals surface area contributed by atoms with E-state index in [1.807, 2.05) is 25.2 Å². The van der Waals surface area contributed by atoms with Gasteiger partial charge in [-0.05, 0) is 30.3 Å². The van der Waals surface area contributed by atoms with E-state index in [4.69, 9.17) is 14.2 Å². The largest absolute Gasteiger partial charge is 0.473 e. The number of amides is 1. The molecule has 0 saturated carbocycles. The third-order valence-corrected chi connectivity index (χ3v) is 4.26. The van der Waals surface area contributed by atoms with E-state index in [2.05, 4.69) is 15.4 Å². The highest BCUT2D eigenvalue weighted by atomic mass is 16.6. The molecular weight excluding hydrogens is 348 g/mol. The fourth-order valence-corrected chi connectivity index (χ4v) is 2.91. The first-order valence-corrected chi connectivity index (χ1v) is 8.72. The number of benzene rings is 1. The van der Waals surface area contributed by atoms with E-state index >= 15 is 0 Å². The molecule has 8 nitrogen and oxygen atoms in total. The van der Waals surface area contributed by atoms with Gasteiger partial charge in [-0.2, -0.15) is 0 Å². The van der Waals surface area contributed by atoms with Crippen LogP contribution in [0.2, 0.25) is 0 Å². The number of fused-ring (bicyclic) bond motifs is 1. The van der Waals surface area contributed by atoms with Crippen LogP contribution < -0.4 is 10.1 Å². The van der Waals surface area contributed by atoms with Crippen molar-refractivity contribution in [2.75, 3.05) is 31.7 Å². The molecule has 1 saturated heterocycles. The van der Waals surface area contributed by atoms with Crippen molar-refractivity contribution < 1.29 is 19.0 Å². The van der Waals surface area contributed by atoms with Gasteiger partial charge >= 0.3 is 0 Å². The highest BCUT2D eigenvalue weighted by molar-refractivity contribution is 6.03. The third kappa shape index (κ3) is 3.91. The Hall–Kier alpha value is -2.97. The average molecular weight is 368 g/mol. The minimum Gasteiger partial charge on any atom is -0.473 e. The molecule has 1 fully saturated rings. The van der Waals surface area contributed by atoms with Crippen LogP contribution in [0.15, 0.2) is 42.6 Å². The number of aromatic nitrogens is 3. The normalized spacial score (nSPS) is 17.0. The highest BCUT2D eigenvalue weighted by Gasteiger charge is 2.18. The van der Waals surface area contributed by atoms with Gasteiger partial charge in [0.25, 0.3) is 5.91 Å². The van der Waals surface area contributed by atoms with Gasteiger partial charge in [0.1, 0.15) is 18.4 Å². The van der Waals surface area contributed by atoms with Gasteiger partial charge in [-0.25, -0.2) is 0 Å². The number of aryl methyl sites for hydroxylation is 1. The fourth-order valence-electron chi connectivity index (χ4n) is 2.91.